The van der Waals surface area contributed by atoms with Gasteiger partial charge >= 0.3 is 5.97 Å². The molecule has 0 saturated carbocycles. The van der Waals surface area contributed by atoms with Crippen LogP contribution in [0.3, 0.4) is 0 Å². The van der Waals surface area contributed by atoms with Crippen LogP contribution in [0, 0.1) is 5.41 Å². The molecule has 108 valence electrons. The first-order valence-electron chi connectivity index (χ1n) is 6.53. The van der Waals surface area contributed by atoms with Gasteiger partial charge in [-0.15, -0.1) is 0 Å². The van der Waals surface area contributed by atoms with Crippen LogP contribution in [-0.4, -0.2) is 17.0 Å². The Balaban J connectivity index is 2.50. The Morgan fingerprint density at radius 2 is 1.80 bits per heavy atom. The van der Waals surface area contributed by atoms with Crippen LogP contribution in [-0.2, 0) is 16.1 Å². The Kier molecular flexibility index (Phi) is 5.50. The quantitative estimate of drug-likeness (QED) is 0.812. The van der Waals surface area contributed by atoms with Crippen molar-refractivity contribution in [1.82, 2.24) is 5.32 Å². The van der Waals surface area contributed by atoms with E-state index in [2.05, 4.69) is 5.32 Å². The van der Waals surface area contributed by atoms with Crippen LogP contribution in [0.2, 0.25) is 0 Å². The normalized spacial score (nSPS) is 11.6. The number of carboxylic acids is 1. The van der Waals surface area contributed by atoms with Gasteiger partial charge in [0.2, 0.25) is 5.91 Å². The van der Waals surface area contributed by atoms with Gasteiger partial charge in [0.05, 0.1) is 0 Å². The molecular weight excluding hydrogens is 254 g/mol. The van der Waals surface area contributed by atoms with E-state index in [9.17, 15) is 9.59 Å². The molecule has 1 aromatic carbocycles. The fourth-order valence-electron chi connectivity index (χ4n) is 1.66. The summed E-state index contributed by atoms with van der Waals surface area (Å²) < 4.78 is 0. The Bertz CT molecular complexity index is 495. The predicted octanol–water partition coefficient (Wildman–Crippen LogP) is 2.84. The van der Waals surface area contributed by atoms with Gasteiger partial charge in [-0.1, -0.05) is 45.0 Å². The van der Waals surface area contributed by atoms with Crippen LogP contribution in [0.4, 0.5) is 0 Å². The fraction of sp³-hybridized carbons (Fsp3) is 0.375. The molecule has 4 heteroatoms. The molecule has 0 fully saturated rings. The summed E-state index contributed by atoms with van der Waals surface area (Å²) in [6.45, 7) is 6.56. The summed E-state index contributed by atoms with van der Waals surface area (Å²) in [5.74, 6) is -0.934. The van der Waals surface area contributed by atoms with Gasteiger partial charge in [0.25, 0.3) is 0 Å². The van der Waals surface area contributed by atoms with E-state index in [1.54, 1.807) is 0 Å². The highest BCUT2D eigenvalue weighted by molar-refractivity contribution is 5.85. The molecule has 20 heavy (non-hydrogen) atoms. The molecule has 0 aliphatic rings. The topological polar surface area (TPSA) is 66.4 Å². The lowest BCUT2D eigenvalue weighted by molar-refractivity contribution is -0.131. The van der Waals surface area contributed by atoms with Gasteiger partial charge in [-0.05, 0) is 22.6 Å². The molecule has 0 saturated heterocycles. The number of benzene rings is 1. The second-order valence-electron chi connectivity index (χ2n) is 5.93. The molecule has 0 heterocycles. The number of hydrogen-bond acceptors (Lipinski definition) is 2. The number of carbonyl (C=O) groups is 2. The summed E-state index contributed by atoms with van der Waals surface area (Å²) in [7, 11) is 0. The van der Waals surface area contributed by atoms with E-state index in [4.69, 9.17) is 5.11 Å². The summed E-state index contributed by atoms with van der Waals surface area (Å²) in [6.07, 6.45) is 3.12. The van der Waals surface area contributed by atoms with E-state index in [1.165, 1.54) is 6.08 Å². The number of amides is 1. The van der Waals surface area contributed by atoms with Gasteiger partial charge in [0.1, 0.15) is 0 Å². The maximum atomic E-state index is 11.7. The van der Waals surface area contributed by atoms with Crippen molar-refractivity contribution in [3.8, 4) is 0 Å². The number of carbonyl (C=O) groups excluding carboxylic acids is 1. The third kappa shape index (κ3) is 6.73. The van der Waals surface area contributed by atoms with E-state index < -0.39 is 5.97 Å². The Labute approximate surface area is 119 Å². The molecule has 1 aromatic rings. The zero-order valence-corrected chi connectivity index (χ0v) is 12.1. The summed E-state index contributed by atoms with van der Waals surface area (Å²) in [5.41, 5.74) is 1.78. The maximum Gasteiger partial charge on any atom is 0.328 e. The SMILES string of the molecule is CC(C)(C)CC(=O)NCc1ccc(C=CC(=O)O)cc1. The number of aliphatic carboxylic acids is 1. The molecule has 2 N–H and O–H groups in total. The van der Waals surface area contributed by atoms with Crippen molar-refractivity contribution in [2.24, 2.45) is 5.41 Å². The zero-order valence-electron chi connectivity index (χ0n) is 12.1. The van der Waals surface area contributed by atoms with Gasteiger partial charge in [0, 0.05) is 19.0 Å². The van der Waals surface area contributed by atoms with E-state index in [0.29, 0.717) is 13.0 Å². The van der Waals surface area contributed by atoms with Crippen LogP contribution in [0.15, 0.2) is 30.3 Å². The molecule has 0 aliphatic heterocycles. The summed E-state index contributed by atoms with van der Waals surface area (Å²) >= 11 is 0. The third-order valence-corrected chi connectivity index (χ3v) is 2.58. The van der Waals surface area contributed by atoms with Gasteiger partial charge in [-0.2, -0.15) is 0 Å². The van der Waals surface area contributed by atoms with Crippen LogP contribution in [0.5, 0.6) is 0 Å². The summed E-state index contributed by atoms with van der Waals surface area (Å²) in [4.78, 5) is 22.1. The van der Waals surface area contributed by atoms with Crippen LogP contribution < -0.4 is 5.32 Å². The average Bonchev–Trinajstić information content (AvgIpc) is 2.33. The highest BCUT2D eigenvalue weighted by atomic mass is 16.4. The van der Waals surface area contributed by atoms with Gasteiger partial charge < -0.3 is 10.4 Å². The lowest BCUT2D eigenvalue weighted by atomic mass is 9.92. The molecule has 0 spiro atoms. The Hall–Kier alpha value is -2.10. The third-order valence-electron chi connectivity index (χ3n) is 2.58. The second kappa shape index (κ2) is 6.89. The highest BCUT2D eigenvalue weighted by Gasteiger charge is 2.15. The minimum Gasteiger partial charge on any atom is -0.478 e. The Morgan fingerprint density at radius 3 is 2.30 bits per heavy atom. The minimum atomic E-state index is -0.969. The number of carboxylic acid groups (broad SMARTS) is 1. The zero-order chi connectivity index (χ0) is 15.2. The first-order chi connectivity index (χ1) is 9.26. The lowest BCUT2D eigenvalue weighted by Crippen LogP contribution is -2.27. The van der Waals surface area contributed by atoms with E-state index in [0.717, 1.165) is 17.2 Å². The lowest BCUT2D eigenvalue weighted by Gasteiger charge is -2.17. The van der Waals surface area contributed by atoms with Crippen molar-refractivity contribution < 1.29 is 14.7 Å². The smallest absolute Gasteiger partial charge is 0.328 e. The number of rotatable bonds is 5. The standard InChI is InChI=1S/C16H21NO3/c1-16(2,3)10-14(18)17-11-13-6-4-12(5-7-13)8-9-15(19)20/h4-9H,10-11H2,1-3H3,(H,17,18)(H,19,20). The summed E-state index contributed by atoms with van der Waals surface area (Å²) in [6, 6.07) is 7.40. The van der Waals surface area contributed by atoms with Crippen molar-refractivity contribution in [3.63, 3.8) is 0 Å². The summed E-state index contributed by atoms with van der Waals surface area (Å²) in [5, 5.41) is 11.4. The predicted molar refractivity (Wildman–Crippen MR) is 79.0 cm³/mol. The Morgan fingerprint density at radius 1 is 1.20 bits per heavy atom. The molecule has 1 amide bonds. The van der Waals surface area contributed by atoms with Crippen molar-refractivity contribution in [2.45, 2.75) is 33.7 Å². The van der Waals surface area contributed by atoms with Crippen molar-refractivity contribution in [2.75, 3.05) is 0 Å². The van der Waals surface area contributed by atoms with Crippen molar-refractivity contribution >= 4 is 18.0 Å². The van der Waals surface area contributed by atoms with Crippen LogP contribution >= 0.6 is 0 Å². The van der Waals surface area contributed by atoms with E-state index in [1.807, 2.05) is 45.0 Å². The molecule has 0 unspecified atom stereocenters. The molecule has 1 rings (SSSR count). The van der Waals surface area contributed by atoms with Gasteiger partial charge in [-0.25, -0.2) is 4.79 Å². The van der Waals surface area contributed by atoms with Crippen molar-refractivity contribution in [1.29, 1.82) is 0 Å². The van der Waals surface area contributed by atoms with Gasteiger partial charge in [0.15, 0.2) is 0 Å². The number of nitrogens with one attached hydrogen (secondary N) is 1. The van der Waals surface area contributed by atoms with E-state index in [-0.39, 0.29) is 11.3 Å². The maximum absolute atomic E-state index is 11.7. The van der Waals surface area contributed by atoms with Gasteiger partial charge in [-0.3, -0.25) is 4.79 Å². The molecule has 0 bridgehead atoms. The monoisotopic (exact) mass is 275 g/mol. The molecule has 4 nitrogen and oxygen atoms in total. The molecular formula is C16H21NO3. The van der Waals surface area contributed by atoms with Crippen LogP contribution in [0.25, 0.3) is 6.08 Å². The molecule has 0 aromatic heterocycles. The first-order valence-corrected chi connectivity index (χ1v) is 6.53. The second-order valence-corrected chi connectivity index (χ2v) is 5.93. The van der Waals surface area contributed by atoms with Crippen LogP contribution in [0.1, 0.15) is 38.3 Å². The molecule has 0 atom stereocenters. The largest absolute Gasteiger partial charge is 0.478 e. The fourth-order valence-corrected chi connectivity index (χ4v) is 1.66. The number of hydrogen-bond donors (Lipinski definition) is 2. The minimum absolute atomic E-state index is 0.0183. The average molecular weight is 275 g/mol. The molecule has 0 aliphatic carbocycles. The van der Waals surface area contributed by atoms with Crippen molar-refractivity contribution in [3.05, 3.63) is 41.5 Å². The molecule has 0 radical (unpaired) electrons. The highest BCUT2D eigenvalue weighted by Crippen LogP contribution is 2.17. The van der Waals surface area contributed by atoms with E-state index >= 15 is 0 Å². The first kappa shape index (κ1) is 16.0.